The van der Waals surface area contributed by atoms with Gasteiger partial charge in [0.25, 0.3) is 0 Å². The fraction of sp³-hybridized carbons (Fsp3) is 0. The van der Waals surface area contributed by atoms with Crippen LogP contribution in [0.1, 0.15) is 0 Å². The van der Waals surface area contributed by atoms with Gasteiger partial charge in [-0.1, -0.05) is 146 Å². The molecule has 0 atom stereocenters. The van der Waals surface area contributed by atoms with Gasteiger partial charge in [-0.15, -0.1) is 0 Å². The van der Waals surface area contributed by atoms with Gasteiger partial charge in [-0.3, -0.25) is 0 Å². The zero-order chi connectivity index (χ0) is 33.0. The van der Waals surface area contributed by atoms with E-state index >= 15 is 0 Å². The Hall–Kier alpha value is -6.50. The molecule has 0 fully saturated rings. The summed E-state index contributed by atoms with van der Waals surface area (Å²) < 4.78 is 0. The molecule has 0 nitrogen and oxygen atoms in total. The molecular formula is C50H32. The second kappa shape index (κ2) is 11.6. The van der Waals surface area contributed by atoms with E-state index in [1.165, 1.54) is 98.4 Å². The van der Waals surface area contributed by atoms with E-state index in [0.717, 1.165) is 0 Å². The van der Waals surface area contributed by atoms with Gasteiger partial charge in [-0.25, -0.2) is 0 Å². The molecule has 0 bridgehead atoms. The predicted octanol–water partition coefficient (Wildman–Crippen LogP) is 14.1. The van der Waals surface area contributed by atoms with Gasteiger partial charge in [-0.05, 0) is 147 Å². The van der Waals surface area contributed by atoms with Gasteiger partial charge in [-0.2, -0.15) is 0 Å². The summed E-state index contributed by atoms with van der Waals surface area (Å²) in [7, 11) is 0. The van der Waals surface area contributed by atoms with Crippen LogP contribution < -0.4 is 0 Å². The molecule has 232 valence electrons. The van der Waals surface area contributed by atoms with Gasteiger partial charge < -0.3 is 0 Å². The predicted molar refractivity (Wildman–Crippen MR) is 216 cm³/mol. The number of rotatable bonds is 4. The van der Waals surface area contributed by atoms with Crippen molar-refractivity contribution >= 4 is 53.9 Å². The largest absolute Gasteiger partial charge is 0.0616 e. The Morgan fingerprint density at radius 2 is 0.300 bits per heavy atom. The molecular weight excluding hydrogens is 601 g/mol. The van der Waals surface area contributed by atoms with Crippen LogP contribution in [-0.2, 0) is 0 Å². The first-order valence-corrected chi connectivity index (χ1v) is 17.3. The standard InChI is InChI=1S/C50H32/c1-3-7-35-25-37(11-9-33(35)5-1)39-13-15-43-29-45(19-17-41(43)27-39)47-21-23-50-32-48(22-24-49(50)31-47)46-20-18-42-28-40(14-16-44(42)30-46)38-12-10-34-6-2-4-8-36(34)26-38/h1-32H. The van der Waals surface area contributed by atoms with E-state index in [9.17, 15) is 0 Å². The van der Waals surface area contributed by atoms with Crippen molar-refractivity contribution < 1.29 is 0 Å². The fourth-order valence-electron chi connectivity index (χ4n) is 7.55. The van der Waals surface area contributed by atoms with Crippen LogP contribution >= 0.6 is 0 Å². The monoisotopic (exact) mass is 632 g/mol. The van der Waals surface area contributed by atoms with E-state index in [2.05, 4.69) is 194 Å². The Balaban J connectivity index is 0.921. The summed E-state index contributed by atoms with van der Waals surface area (Å²) in [5, 5.41) is 12.6. The van der Waals surface area contributed by atoms with Gasteiger partial charge in [0, 0.05) is 0 Å². The molecule has 0 unspecified atom stereocenters. The fourth-order valence-corrected chi connectivity index (χ4v) is 7.55. The average Bonchev–Trinajstić information content (AvgIpc) is 3.19. The topological polar surface area (TPSA) is 0 Å². The zero-order valence-electron chi connectivity index (χ0n) is 27.5. The Kier molecular flexibility index (Phi) is 6.60. The SMILES string of the molecule is c1ccc2cc(-c3ccc4cc(-c5ccc6cc(-c7ccc8cc(-c9ccc%10ccccc%10c9)ccc8c7)ccc6c5)ccc4c3)ccc2c1. The first kappa shape index (κ1) is 28.5. The van der Waals surface area contributed by atoms with Crippen molar-refractivity contribution in [1.82, 2.24) is 0 Å². The molecule has 50 heavy (non-hydrogen) atoms. The van der Waals surface area contributed by atoms with Crippen molar-refractivity contribution in [3.8, 4) is 44.5 Å². The molecule has 0 heterocycles. The average molecular weight is 633 g/mol. The minimum absolute atomic E-state index is 1.23. The van der Waals surface area contributed by atoms with Crippen LogP contribution in [0.3, 0.4) is 0 Å². The van der Waals surface area contributed by atoms with Gasteiger partial charge in [0.2, 0.25) is 0 Å². The van der Waals surface area contributed by atoms with Gasteiger partial charge >= 0.3 is 0 Å². The molecule has 0 N–H and O–H groups in total. The number of benzene rings is 10. The summed E-state index contributed by atoms with van der Waals surface area (Å²) in [6.07, 6.45) is 0. The maximum Gasteiger partial charge on any atom is -0.0177 e. The summed E-state index contributed by atoms with van der Waals surface area (Å²) >= 11 is 0. The summed E-state index contributed by atoms with van der Waals surface area (Å²) in [4.78, 5) is 0. The molecule has 0 saturated heterocycles. The molecule has 10 rings (SSSR count). The van der Waals surface area contributed by atoms with Crippen molar-refractivity contribution in [3.63, 3.8) is 0 Å². The highest BCUT2D eigenvalue weighted by atomic mass is 14.1. The summed E-state index contributed by atoms with van der Waals surface area (Å²) in [6, 6.07) is 71.5. The smallest absolute Gasteiger partial charge is 0.0177 e. The maximum absolute atomic E-state index is 2.32. The van der Waals surface area contributed by atoms with Crippen LogP contribution in [0, 0.1) is 0 Å². The van der Waals surface area contributed by atoms with E-state index in [1.807, 2.05) is 0 Å². The number of hydrogen-bond acceptors (Lipinski definition) is 0. The van der Waals surface area contributed by atoms with Crippen molar-refractivity contribution in [2.45, 2.75) is 0 Å². The third-order valence-electron chi connectivity index (χ3n) is 10.4. The molecule has 0 spiro atoms. The summed E-state index contributed by atoms with van der Waals surface area (Å²) in [5.41, 5.74) is 9.93. The molecule has 10 aromatic rings. The van der Waals surface area contributed by atoms with Crippen LogP contribution in [0.15, 0.2) is 194 Å². The Morgan fingerprint density at radius 1 is 0.140 bits per heavy atom. The van der Waals surface area contributed by atoms with E-state index in [0.29, 0.717) is 0 Å². The maximum atomic E-state index is 2.32. The van der Waals surface area contributed by atoms with Crippen LogP contribution in [0.4, 0.5) is 0 Å². The lowest BCUT2D eigenvalue weighted by Crippen LogP contribution is -1.84. The van der Waals surface area contributed by atoms with E-state index < -0.39 is 0 Å². The third kappa shape index (κ3) is 5.10. The molecule has 0 aliphatic rings. The van der Waals surface area contributed by atoms with E-state index in [1.54, 1.807) is 0 Å². The molecule has 0 aliphatic carbocycles. The van der Waals surface area contributed by atoms with Crippen LogP contribution in [0.2, 0.25) is 0 Å². The molecule has 0 aliphatic heterocycles. The van der Waals surface area contributed by atoms with Crippen LogP contribution in [-0.4, -0.2) is 0 Å². The molecule has 0 radical (unpaired) electrons. The Labute approximate surface area is 291 Å². The third-order valence-corrected chi connectivity index (χ3v) is 10.4. The van der Waals surface area contributed by atoms with Crippen molar-refractivity contribution in [2.75, 3.05) is 0 Å². The molecule has 0 amide bonds. The first-order valence-electron chi connectivity index (χ1n) is 17.3. The van der Waals surface area contributed by atoms with Crippen LogP contribution in [0.5, 0.6) is 0 Å². The Morgan fingerprint density at radius 3 is 0.520 bits per heavy atom. The normalized spacial score (nSPS) is 11.6. The van der Waals surface area contributed by atoms with Gasteiger partial charge in [0.05, 0.1) is 0 Å². The van der Waals surface area contributed by atoms with Crippen molar-refractivity contribution in [2.24, 2.45) is 0 Å². The zero-order valence-corrected chi connectivity index (χ0v) is 27.5. The molecule has 0 saturated carbocycles. The highest BCUT2D eigenvalue weighted by molar-refractivity contribution is 5.97. The molecule has 10 aromatic carbocycles. The van der Waals surface area contributed by atoms with Crippen molar-refractivity contribution in [3.05, 3.63) is 194 Å². The minimum atomic E-state index is 1.23. The van der Waals surface area contributed by atoms with E-state index in [-0.39, 0.29) is 0 Å². The van der Waals surface area contributed by atoms with Crippen molar-refractivity contribution in [1.29, 1.82) is 0 Å². The Bertz CT molecular complexity index is 2730. The van der Waals surface area contributed by atoms with Gasteiger partial charge in [0.15, 0.2) is 0 Å². The molecule has 0 heteroatoms. The lowest BCUT2D eigenvalue weighted by atomic mass is 9.94. The number of hydrogen-bond donors (Lipinski definition) is 0. The quantitative estimate of drug-likeness (QED) is 0.181. The summed E-state index contributed by atoms with van der Waals surface area (Å²) in [5.74, 6) is 0. The van der Waals surface area contributed by atoms with Crippen LogP contribution in [0.25, 0.3) is 98.4 Å². The number of fused-ring (bicyclic) bond motifs is 5. The lowest BCUT2D eigenvalue weighted by Gasteiger charge is -2.10. The lowest BCUT2D eigenvalue weighted by molar-refractivity contribution is 1.64. The van der Waals surface area contributed by atoms with E-state index in [4.69, 9.17) is 0 Å². The molecule has 0 aromatic heterocycles. The second-order valence-corrected chi connectivity index (χ2v) is 13.5. The minimum Gasteiger partial charge on any atom is -0.0616 e. The summed E-state index contributed by atoms with van der Waals surface area (Å²) in [6.45, 7) is 0. The highest BCUT2D eigenvalue weighted by Gasteiger charge is 2.08. The second-order valence-electron chi connectivity index (χ2n) is 13.5. The first-order chi connectivity index (χ1) is 24.7. The highest BCUT2D eigenvalue weighted by Crippen LogP contribution is 2.34. The van der Waals surface area contributed by atoms with Gasteiger partial charge in [0.1, 0.15) is 0 Å².